The van der Waals surface area contributed by atoms with E-state index in [1.165, 1.54) is 11.3 Å². The highest BCUT2D eigenvalue weighted by atomic mass is 32.1. The maximum Gasteiger partial charge on any atom is 0.261 e. The molecule has 0 spiro atoms. The van der Waals surface area contributed by atoms with Gasteiger partial charge in [-0.3, -0.25) is 4.79 Å². The molecule has 6 nitrogen and oxygen atoms in total. The summed E-state index contributed by atoms with van der Waals surface area (Å²) in [6, 6.07) is 4.01. The van der Waals surface area contributed by atoms with Gasteiger partial charge in [0.05, 0.1) is 12.2 Å². The van der Waals surface area contributed by atoms with Crippen molar-refractivity contribution in [2.75, 3.05) is 19.0 Å². The number of aromatic nitrogens is 3. The molecule has 2 rings (SSSR count). The van der Waals surface area contributed by atoms with Gasteiger partial charge in [0.2, 0.25) is 5.13 Å². The summed E-state index contributed by atoms with van der Waals surface area (Å²) in [5, 5.41) is 12.7. The van der Waals surface area contributed by atoms with Gasteiger partial charge in [0.1, 0.15) is 0 Å². The van der Waals surface area contributed by atoms with Crippen LogP contribution in [0.4, 0.5) is 5.13 Å². The molecule has 0 unspecified atom stereocenters. The van der Waals surface area contributed by atoms with Crippen LogP contribution in [0.5, 0.6) is 0 Å². The summed E-state index contributed by atoms with van der Waals surface area (Å²) < 4.78 is 6.76. The molecule has 0 amide bonds. The fraction of sp³-hybridized carbons (Fsp3) is 0.500. The average Bonchev–Trinajstić information content (AvgIpc) is 2.86. The molecule has 0 aliphatic carbocycles. The molecule has 2 heterocycles. The van der Waals surface area contributed by atoms with Crippen molar-refractivity contribution in [3.8, 4) is 10.6 Å². The summed E-state index contributed by atoms with van der Waals surface area (Å²) in [4.78, 5) is 12.6. The van der Waals surface area contributed by atoms with Crippen LogP contribution in [0.15, 0.2) is 16.9 Å². The number of pyridine rings is 1. The van der Waals surface area contributed by atoms with Crippen LogP contribution in [0.25, 0.3) is 10.6 Å². The van der Waals surface area contributed by atoms with E-state index in [1.54, 1.807) is 17.7 Å². The zero-order chi connectivity index (χ0) is 15.4. The molecule has 7 heteroatoms. The Balaban J connectivity index is 2.35. The minimum atomic E-state index is -0.0562. The fourth-order valence-corrected chi connectivity index (χ4v) is 2.84. The lowest BCUT2D eigenvalue weighted by molar-refractivity contribution is 0.185. The molecule has 2 aromatic heterocycles. The van der Waals surface area contributed by atoms with Gasteiger partial charge in [-0.05, 0) is 32.9 Å². The maximum atomic E-state index is 12.6. The molecule has 1 N–H and O–H groups in total. The molecule has 0 saturated carbocycles. The number of anilines is 1. The molecule has 114 valence electrons. The Morgan fingerprint density at radius 2 is 2.14 bits per heavy atom. The first-order chi connectivity index (χ1) is 10.0. The Labute approximate surface area is 127 Å². The van der Waals surface area contributed by atoms with Crippen LogP contribution in [-0.4, -0.2) is 34.5 Å². The van der Waals surface area contributed by atoms with Crippen LogP contribution in [-0.2, 0) is 11.3 Å². The van der Waals surface area contributed by atoms with Crippen molar-refractivity contribution in [2.45, 2.75) is 33.4 Å². The highest BCUT2D eigenvalue weighted by Crippen LogP contribution is 2.24. The van der Waals surface area contributed by atoms with Crippen molar-refractivity contribution in [3.05, 3.63) is 28.2 Å². The minimum absolute atomic E-state index is 0.0562. The predicted molar refractivity (Wildman–Crippen MR) is 85.0 cm³/mol. The van der Waals surface area contributed by atoms with E-state index in [0.29, 0.717) is 23.7 Å². The first-order valence-corrected chi connectivity index (χ1v) is 7.64. The van der Waals surface area contributed by atoms with Gasteiger partial charge in [0.15, 0.2) is 5.01 Å². The molecule has 0 aliphatic heterocycles. The van der Waals surface area contributed by atoms with Crippen LogP contribution >= 0.6 is 11.3 Å². The first kappa shape index (κ1) is 15.7. The van der Waals surface area contributed by atoms with Gasteiger partial charge in [0, 0.05) is 25.4 Å². The third-order valence-electron chi connectivity index (χ3n) is 2.98. The second-order valence-electron chi connectivity index (χ2n) is 5.05. The number of methoxy groups -OCH3 is 1. The number of ether oxygens (including phenoxy) is 1. The van der Waals surface area contributed by atoms with E-state index in [2.05, 4.69) is 15.5 Å². The zero-order valence-electron chi connectivity index (χ0n) is 12.7. The Morgan fingerprint density at radius 1 is 1.38 bits per heavy atom. The van der Waals surface area contributed by atoms with Crippen molar-refractivity contribution in [1.82, 2.24) is 14.8 Å². The lowest BCUT2D eigenvalue weighted by Gasteiger charge is -2.10. The SMILES string of the molecule is COCCn1c(C)ccc(-c2nnc(NC(C)C)s2)c1=O. The van der Waals surface area contributed by atoms with Gasteiger partial charge in [0.25, 0.3) is 5.56 Å². The Kier molecular flexibility index (Phi) is 5.08. The molecule has 0 bridgehead atoms. The monoisotopic (exact) mass is 308 g/mol. The van der Waals surface area contributed by atoms with E-state index in [4.69, 9.17) is 4.74 Å². The van der Waals surface area contributed by atoms with E-state index < -0.39 is 0 Å². The molecule has 2 aromatic rings. The van der Waals surface area contributed by atoms with Crippen LogP contribution in [0.2, 0.25) is 0 Å². The summed E-state index contributed by atoms with van der Waals surface area (Å²) in [5.41, 5.74) is 1.43. The summed E-state index contributed by atoms with van der Waals surface area (Å²) in [7, 11) is 1.62. The van der Waals surface area contributed by atoms with E-state index in [-0.39, 0.29) is 11.6 Å². The predicted octanol–water partition coefficient (Wildman–Crippen LogP) is 2.14. The van der Waals surface area contributed by atoms with Crippen molar-refractivity contribution < 1.29 is 4.74 Å². The molecule has 21 heavy (non-hydrogen) atoms. The highest BCUT2D eigenvalue weighted by molar-refractivity contribution is 7.18. The van der Waals surface area contributed by atoms with Crippen molar-refractivity contribution in [3.63, 3.8) is 0 Å². The first-order valence-electron chi connectivity index (χ1n) is 6.82. The number of hydrogen-bond donors (Lipinski definition) is 1. The second-order valence-corrected chi connectivity index (χ2v) is 6.03. The molecule has 0 radical (unpaired) electrons. The van der Waals surface area contributed by atoms with Gasteiger partial charge >= 0.3 is 0 Å². The number of nitrogens with one attached hydrogen (secondary N) is 1. The van der Waals surface area contributed by atoms with Gasteiger partial charge in [-0.2, -0.15) is 0 Å². The van der Waals surface area contributed by atoms with E-state index in [1.807, 2.05) is 26.8 Å². The summed E-state index contributed by atoms with van der Waals surface area (Å²) in [5.74, 6) is 0. The topological polar surface area (TPSA) is 69.0 Å². The number of rotatable bonds is 6. The normalized spacial score (nSPS) is 11.1. The van der Waals surface area contributed by atoms with E-state index >= 15 is 0 Å². The minimum Gasteiger partial charge on any atom is -0.383 e. The second kappa shape index (κ2) is 6.82. The summed E-state index contributed by atoms with van der Waals surface area (Å²) >= 11 is 1.39. The quantitative estimate of drug-likeness (QED) is 0.885. The fourth-order valence-electron chi connectivity index (χ4n) is 1.93. The van der Waals surface area contributed by atoms with Gasteiger partial charge in [-0.15, -0.1) is 10.2 Å². The standard InChI is InChI=1S/C14H20N4O2S/c1-9(2)15-14-17-16-12(21-14)11-6-5-10(3)18(13(11)19)7-8-20-4/h5-6,9H,7-8H2,1-4H3,(H,15,17). The van der Waals surface area contributed by atoms with Gasteiger partial charge in [-0.1, -0.05) is 11.3 Å². The third kappa shape index (κ3) is 3.68. The summed E-state index contributed by atoms with van der Waals surface area (Å²) in [6.07, 6.45) is 0. The van der Waals surface area contributed by atoms with Crippen LogP contribution in [0, 0.1) is 6.92 Å². The smallest absolute Gasteiger partial charge is 0.261 e. The number of nitrogens with zero attached hydrogens (tertiary/aromatic N) is 3. The molecule has 0 fully saturated rings. The molecule has 0 aliphatic rings. The largest absolute Gasteiger partial charge is 0.383 e. The van der Waals surface area contributed by atoms with Crippen molar-refractivity contribution in [2.24, 2.45) is 0 Å². The van der Waals surface area contributed by atoms with Crippen LogP contribution in [0.3, 0.4) is 0 Å². The summed E-state index contributed by atoms with van der Waals surface area (Å²) in [6.45, 7) is 7.01. The zero-order valence-corrected chi connectivity index (χ0v) is 13.5. The molecule has 0 aromatic carbocycles. The lowest BCUT2D eigenvalue weighted by atomic mass is 10.2. The Hall–Kier alpha value is -1.73. The maximum absolute atomic E-state index is 12.6. The molecule has 0 atom stereocenters. The van der Waals surface area contributed by atoms with Crippen LogP contribution < -0.4 is 10.9 Å². The van der Waals surface area contributed by atoms with Crippen molar-refractivity contribution in [1.29, 1.82) is 0 Å². The third-order valence-corrected chi connectivity index (χ3v) is 3.87. The Morgan fingerprint density at radius 3 is 2.81 bits per heavy atom. The van der Waals surface area contributed by atoms with Crippen molar-refractivity contribution >= 4 is 16.5 Å². The Bertz CT molecular complexity index is 663. The number of hydrogen-bond acceptors (Lipinski definition) is 6. The van der Waals surface area contributed by atoms with Gasteiger partial charge < -0.3 is 14.6 Å². The average molecular weight is 308 g/mol. The number of aryl methyl sites for hydroxylation is 1. The molecular weight excluding hydrogens is 288 g/mol. The van der Waals surface area contributed by atoms with Crippen LogP contribution in [0.1, 0.15) is 19.5 Å². The van der Waals surface area contributed by atoms with Gasteiger partial charge in [-0.25, -0.2) is 0 Å². The molecule has 0 saturated heterocycles. The van der Waals surface area contributed by atoms with E-state index in [9.17, 15) is 4.79 Å². The highest BCUT2D eigenvalue weighted by Gasteiger charge is 2.13. The molecular formula is C14H20N4O2S. The van der Waals surface area contributed by atoms with E-state index in [0.717, 1.165) is 10.8 Å². The lowest BCUT2D eigenvalue weighted by Crippen LogP contribution is -2.25.